The van der Waals surface area contributed by atoms with E-state index in [0.29, 0.717) is 0 Å². The fourth-order valence-electron chi connectivity index (χ4n) is 1.90. The van der Waals surface area contributed by atoms with Crippen molar-refractivity contribution in [3.05, 3.63) is 71.3 Å². The minimum atomic E-state index is 0.0503. The van der Waals surface area contributed by atoms with Crippen LogP contribution in [0, 0.1) is 6.92 Å². The smallest absolute Gasteiger partial charge is 0.0421 e. The highest BCUT2D eigenvalue weighted by atomic mass is 14.9. The van der Waals surface area contributed by atoms with Crippen molar-refractivity contribution in [3.63, 3.8) is 0 Å². The lowest BCUT2D eigenvalue weighted by atomic mass is 10.1. The number of aryl methyl sites for hydroxylation is 1. The summed E-state index contributed by atoms with van der Waals surface area (Å²) in [7, 11) is 0. The van der Waals surface area contributed by atoms with Gasteiger partial charge in [0.15, 0.2) is 0 Å². The van der Waals surface area contributed by atoms with E-state index in [2.05, 4.69) is 60.8 Å². The lowest BCUT2D eigenvalue weighted by Gasteiger charge is -2.13. The van der Waals surface area contributed by atoms with Crippen molar-refractivity contribution in [2.24, 2.45) is 5.73 Å². The zero-order chi connectivity index (χ0) is 12.8. The maximum Gasteiger partial charge on any atom is 0.0421 e. The number of nitrogens with two attached hydrogens (primary N) is 1. The minimum Gasteiger partial charge on any atom is -0.323 e. The summed E-state index contributed by atoms with van der Waals surface area (Å²) < 4.78 is 0. The van der Waals surface area contributed by atoms with Crippen LogP contribution in [0.2, 0.25) is 0 Å². The van der Waals surface area contributed by atoms with Crippen LogP contribution in [0.15, 0.2) is 54.6 Å². The third kappa shape index (κ3) is 3.69. The van der Waals surface area contributed by atoms with Gasteiger partial charge in [-0.05, 0) is 18.1 Å². The summed E-state index contributed by atoms with van der Waals surface area (Å²) in [6.45, 7) is 3.74. The Morgan fingerprint density at radius 3 is 2.33 bits per heavy atom. The first kappa shape index (κ1) is 12.8. The molecule has 0 unspecified atom stereocenters. The molecule has 0 aliphatic heterocycles. The maximum atomic E-state index is 6.15. The summed E-state index contributed by atoms with van der Waals surface area (Å²) in [5, 5.41) is 3.39. The van der Waals surface area contributed by atoms with Gasteiger partial charge >= 0.3 is 0 Å². The third-order valence-corrected chi connectivity index (χ3v) is 3.04. The Kier molecular flexibility index (Phi) is 4.51. The molecule has 0 saturated heterocycles. The molecule has 0 radical (unpaired) electrons. The van der Waals surface area contributed by atoms with Gasteiger partial charge in [0.2, 0.25) is 0 Å². The van der Waals surface area contributed by atoms with Crippen LogP contribution in [-0.2, 0) is 6.54 Å². The molecular weight excluding hydrogens is 220 g/mol. The molecule has 2 aromatic rings. The third-order valence-electron chi connectivity index (χ3n) is 3.04. The summed E-state index contributed by atoms with van der Waals surface area (Å²) in [6, 6.07) is 18.8. The number of hydrogen-bond donors (Lipinski definition) is 2. The van der Waals surface area contributed by atoms with Crippen LogP contribution in [0.1, 0.15) is 22.7 Å². The highest BCUT2D eigenvalue weighted by molar-refractivity contribution is 5.24. The Hall–Kier alpha value is -1.64. The second-order valence-electron chi connectivity index (χ2n) is 4.63. The molecule has 2 aromatic carbocycles. The largest absolute Gasteiger partial charge is 0.323 e. The molecule has 0 amide bonds. The van der Waals surface area contributed by atoms with E-state index in [4.69, 9.17) is 5.73 Å². The molecular formula is C16H20N2. The maximum absolute atomic E-state index is 6.15. The van der Waals surface area contributed by atoms with Gasteiger partial charge in [-0.3, -0.25) is 0 Å². The van der Waals surface area contributed by atoms with Gasteiger partial charge in [0.25, 0.3) is 0 Å². The Morgan fingerprint density at radius 1 is 1.00 bits per heavy atom. The van der Waals surface area contributed by atoms with Crippen LogP contribution in [-0.4, -0.2) is 6.54 Å². The molecule has 0 spiro atoms. The van der Waals surface area contributed by atoms with Crippen LogP contribution in [0.4, 0.5) is 0 Å². The topological polar surface area (TPSA) is 38.0 Å². The fourth-order valence-corrected chi connectivity index (χ4v) is 1.90. The van der Waals surface area contributed by atoms with Crippen molar-refractivity contribution in [2.45, 2.75) is 19.5 Å². The molecule has 0 fully saturated rings. The van der Waals surface area contributed by atoms with E-state index in [9.17, 15) is 0 Å². The molecule has 2 nitrogen and oxygen atoms in total. The number of benzene rings is 2. The number of hydrogen-bond acceptors (Lipinski definition) is 2. The van der Waals surface area contributed by atoms with E-state index in [0.717, 1.165) is 13.1 Å². The van der Waals surface area contributed by atoms with Gasteiger partial charge in [0.05, 0.1) is 0 Å². The van der Waals surface area contributed by atoms with Gasteiger partial charge in [-0.2, -0.15) is 0 Å². The SMILES string of the molecule is Cc1ccc([C@@H](N)CNCc2ccccc2)cc1. The average Bonchev–Trinajstić information content (AvgIpc) is 2.40. The Labute approximate surface area is 109 Å². The Balaban J connectivity index is 1.81. The minimum absolute atomic E-state index is 0.0503. The van der Waals surface area contributed by atoms with E-state index in [-0.39, 0.29) is 6.04 Å². The lowest BCUT2D eigenvalue weighted by molar-refractivity contribution is 0.598. The molecule has 1 atom stereocenters. The Bertz CT molecular complexity index is 462. The van der Waals surface area contributed by atoms with Gasteiger partial charge in [0.1, 0.15) is 0 Å². The quantitative estimate of drug-likeness (QED) is 0.843. The molecule has 0 aliphatic rings. The summed E-state index contributed by atoms with van der Waals surface area (Å²) >= 11 is 0. The molecule has 94 valence electrons. The molecule has 2 heteroatoms. The highest BCUT2D eigenvalue weighted by Crippen LogP contribution is 2.10. The van der Waals surface area contributed by atoms with Crippen LogP contribution < -0.4 is 11.1 Å². The normalized spacial score (nSPS) is 12.3. The highest BCUT2D eigenvalue weighted by Gasteiger charge is 2.04. The van der Waals surface area contributed by atoms with Crippen LogP contribution in [0.25, 0.3) is 0 Å². The van der Waals surface area contributed by atoms with Gasteiger partial charge in [0, 0.05) is 19.1 Å². The van der Waals surface area contributed by atoms with Crippen molar-refractivity contribution in [3.8, 4) is 0 Å². The first-order chi connectivity index (χ1) is 8.75. The van der Waals surface area contributed by atoms with Gasteiger partial charge in [-0.25, -0.2) is 0 Å². The first-order valence-corrected chi connectivity index (χ1v) is 6.32. The van der Waals surface area contributed by atoms with Crippen molar-refractivity contribution in [2.75, 3.05) is 6.54 Å². The van der Waals surface area contributed by atoms with Crippen molar-refractivity contribution in [1.29, 1.82) is 0 Å². The van der Waals surface area contributed by atoms with Crippen molar-refractivity contribution in [1.82, 2.24) is 5.32 Å². The molecule has 0 aromatic heterocycles. The Morgan fingerprint density at radius 2 is 1.67 bits per heavy atom. The summed E-state index contributed by atoms with van der Waals surface area (Å²) in [5.41, 5.74) is 9.88. The summed E-state index contributed by atoms with van der Waals surface area (Å²) in [5.74, 6) is 0. The summed E-state index contributed by atoms with van der Waals surface area (Å²) in [4.78, 5) is 0. The molecule has 2 rings (SSSR count). The number of nitrogens with one attached hydrogen (secondary N) is 1. The van der Waals surface area contributed by atoms with Gasteiger partial charge < -0.3 is 11.1 Å². The van der Waals surface area contributed by atoms with Crippen molar-refractivity contribution >= 4 is 0 Å². The zero-order valence-electron chi connectivity index (χ0n) is 10.8. The molecule has 0 saturated carbocycles. The van der Waals surface area contributed by atoms with Crippen LogP contribution in [0.3, 0.4) is 0 Å². The van der Waals surface area contributed by atoms with E-state index >= 15 is 0 Å². The predicted molar refractivity (Wildman–Crippen MR) is 76.3 cm³/mol. The standard InChI is InChI=1S/C16H20N2/c1-13-7-9-15(10-8-13)16(17)12-18-11-14-5-3-2-4-6-14/h2-10,16,18H,11-12,17H2,1H3/t16-/m0/s1. The van der Waals surface area contributed by atoms with Crippen LogP contribution >= 0.6 is 0 Å². The lowest BCUT2D eigenvalue weighted by Crippen LogP contribution is -2.26. The molecule has 3 N–H and O–H groups in total. The van der Waals surface area contributed by atoms with E-state index in [1.54, 1.807) is 0 Å². The zero-order valence-corrected chi connectivity index (χ0v) is 10.8. The summed E-state index contributed by atoms with van der Waals surface area (Å²) in [6.07, 6.45) is 0. The molecule has 0 aliphatic carbocycles. The van der Waals surface area contributed by atoms with E-state index < -0.39 is 0 Å². The second kappa shape index (κ2) is 6.34. The van der Waals surface area contributed by atoms with E-state index in [1.165, 1.54) is 16.7 Å². The predicted octanol–water partition coefficient (Wildman–Crippen LogP) is 2.78. The van der Waals surface area contributed by atoms with Crippen LogP contribution in [0.5, 0.6) is 0 Å². The fraction of sp³-hybridized carbons (Fsp3) is 0.250. The second-order valence-corrected chi connectivity index (χ2v) is 4.63. The molecule has 18 heavy (non-hydrogen) atoms. The van der Waals surface area contributed by atoms with E-state index in [1.807, 2.05) is 6.07 Å². The first-order valence-electron chi connectivity index (χ1n) is 6.32. The van der Waals surface area contributed by atoms with Crippen molar-refractivity contribution < 1.29 is 0 Å². The monoisotopic (exact) mass is 240 g/mol. The molecule has 0 heterocycles. The average molecular weight is 240 g/mol. The van der Waals surface area contributed by atoms with Gasteiger partial charge in [-0.1, -0.05) is 60.2 Å². The van der Waals surface area contributed by atoms with Gasteiger partial charge in [-0.15, -0.1) is 0 Å². The number of rotatable bonds is 5. The molecule has 0 bridgehead atoms.